The lowest BCUT2D eigenvalue weighted by atomic mass is 10.0. The Balaban J connectivity index is 0.000000149. The minimum absolute atomic E-state index is 0.0208. The number of nitrogens with zero attached hydrogens (tertiary/aromatic N) is 11. The highest BCUT2D eigenvalue weighted by Crippen LogP contribution is 2.42. The van der Waals surface area contributed by atoms with Crippen LogP contribution in [0.1, 0.15) is 112 Å². The highest BCUT2D eigenvalue weighted by atomic mass is 79.9. The zero-order valence-electron chi connectivity index (χ0n) is 82.2. The summed E-state index contributed by atoms with van der Waals surface area (Å²) in [5.74, 6) is 3.58. The van der Waals surface area contributed by atoms with E-state index in [1.54, 1.807) is 169 Å². The van der Waals surface area contributed by atoms with Crippen LogP contribution in [-0.2, 0) is 13.2 Å². The predicted molar refractivity (Wildman–Crippen MR) is 590 cm³/mol. The molecule has 0 radical (unpaired) electrons. The molecule has 12 heterocycles. The number of methoxy groups -OCH3 is 3. The summed E-state index contributed by atoms with van der Waals surface area (Å²) in [7, 11) is 5.93. The number of halogens is 5. The number of aromatic nitrogens is 11. The van der Waals surface area contributed by atoms with E-state index in [9.17, 15) is 41.9 Å². The predicted octanol–water partition coefficient (Wildman–Crippen LogP) is 23.5. The molecule has 0 aliphatic heterocycles. The van der Waals surface area contributed by atoms with Crippen molar-refractivity contribution in [1.29, 1.82) is 0 Å². The molecule has 32 nitrogen and oxygen atoms in total. The van der Waals surface area contributed by atoms with Gasteiger partial charge in [0.25, 0.3) is 35.4 Å². The van der Waals surface area contributed by atoms with E-state index in [0.29, 0.717) is 119 Å². The number of amides is 6. The Morgan fingerprint density at radius 1 is 0.349 bits per heavy atom. The normalized spacial score (nSPS) is 10.6. The molecular formula is C109H100BrClF3N23O9S3. The Kier molecular flexibility index (Phi) is 36.3. The molecule has 0 aliphatic rings. The monoisotopic (exact) mass is 2140 g/mol. The summed E-state index contributed by atoms with van der Waals surface area (Å²) in [5, 5.41) is 27.7. The van der Waals surface area contributed by atoms with Crippen LogP contribution in [0.5, 0.6) is 17.6 Å². The summed E-state index contributed by atoms with van der Waals surface area (Å²) in [5.41, 5.74) is 51.9. The maximum Gasteiger partial charge on any atom is 0.435 e. The number of nitrogens with one attached hydrogen (secondary N) is 6. The number of carbonyl (C=O) groups excluding carboxylic acids is 6. The maximum atomic E-state index is 12.8. The Hall–Kier alpha value is -17.7. The number of benzene rings is 6. The number of hydrogen-bond acceptors (Lipinski definition) is 28. The molecule has 6 aromatic carbocycles. The van der Waals surface area contributed by atoms with Gasteiger partial charge < -0.3 is 80.5 Å². The van der Waals surface area contributed by atoms with Crippen LogP contribution in [0.25, 0.3) is 64.8 Å². The average molecular weight is 2140 g/mol. The highest BCUT2D eigenvalue weighted by Gasteiger charge is 2.35. The third-order valence-electron chi connectivity index (χ3n) is 22.0. The number of rotatable bonds is 21. The SMILES string of the molecule is COc1cc(-c2ccc(NC(=O)c3ccc(C)cc3)nc2N)c(OC)nn1.COc1cc(C)c(-c2ccc(NC(=O)c3ccc(C)cc3)nc2N)cn1.Cc1ccc(C(=O)Nc2ccc(-c3ccc(C)s3)c(N)n2)cc1.Cc1ccc(C(=O)Nc2ccc(-c3ccc(Cl)s3)c(N)n2)cc1.Cc1ccc(C(=O)Nc2ccc(-c3sc(Br)cc3C)c(N)n2)cc1.Cn1nc(C(F)(F)F)cc1-c1ccc(NC(=O)c2ccccc2)nc1N. The first-order chi connectivity index (χ1) is 71.2. The number of aryl methyl sites for hydroxylation is 9. The molecule has 0 bridgehead atoms. The van der Waals surface area contributed by atoms with E-state index in [1.165, 1.54) is 49.6 Å². The second kappa shape index (κ2) is 49.8. The molecule has 12 aromatic heterocycles. The van der Waals surface area contributed by atoms with Gasteiger partial charge in [0.15, 0.2) is 5.69 Å². The Bertz CT molecular complexity index is 7740. The largest absolute Gasteiger partial charge is 0.481 e. The summed E-state index contributed by atoms with van der Waals surface area (Å²) >= 11 is 14.1. The van der Waals surface area contributed by atoms with Crippen LogP contribution >= 0.6 is 61.5 Å². The molecule has 0 spiro atoms. The standard InChI is InChI=1S/C20H20N4O2.C19H19N5O3.C18H16BrN3OS.C18H17N3OS.C17H14ClN3OS.C17H14F3N5O/c1-12-4-6-14(7-5-12)20(25)24-17-9-8-15(19(21)23-17)16-11-22-18(26-3)10-13(16)2;1-11-4-6-12(7-5-11)18(25)22-15-9-8-13(17(20)21-15)14-10-16(26-2)23-24-19(14)27-3;1-10-3-5-12(6-4-10)18(23)22-15-8-7-13(17(20)21-15)16-11(2)9-14(19)24-16;1-11-3-6-13(7-4-11)18(22)21-16-10-8-14(17(19)20-16)15-9-5-12(2)23-15;1-10-2-4-11(5-3-10)17(22)21-15-9-6-12(16(19)20-15)13-7-8-14(18)23-13;1-25-12(9-13(24-25)17(18,19)20)11-7-8-14(22-15(11)21)23-16(26)10-5-3-2-4-6-10/h4-11H,1-3H3,(H3,21,23,24,25);4-10H,1-3H3,(H3,20,21,22,25);3-9H,1-2H3,(H3,20,21,22,23);3-10H,1-2H3,(H3,19,20,21,22);2-9H,1H3,(H3,19,20,21,22);2-9H,1H3,(H3,21,22,23,26). The zero-order chi connectivity index (χ0) is 107. The molecule has 0 saturated heterocycles. The van der Waals surface area contributed by atoms with Crippen LogP contribution < -0.4 is 80.5 Å². The van der Waals surface area contributed by atoms with E-state index in [-0.39, 0.29) is 64.2 Å². The van der Waals surface area contributed by atoms with Crippen molar-refractivity contribution in [3.8, 4) is 82.5 Å². The molecule has 149 heavy (non-hydrogen) atoms. The first-order valence-electron chi connectivity index (χ1n) is 45.3. The highest BCUT2D eigenvalue weighted by molar-refractivity contribution is 9.11. The van der Waals surface area contributed by atoms with Gasteiger partial charge in [0.05, 0.1) is 40.7 Å². The van der Waals surface area contributed by atoms with Crippen LogP contribution in [0, 0.1) is 55.4 Å². The smallest absolute Gasteiger partial charge is 0.435 e. The second-order valence-corrected chi connectivity index (χ2v) is 38.6. The van der Waals surface area contributed by atoms with Crippen molar-refractivity contribution in [2.24, 2.45) is 7.05 Å². The molecular weight excluding hydrogens is 2040 g/mol. The lowest BCUT2D eigenvalue weighted by Crippen LogP contribution is -2.13. The molecule has 18 rings (SSSR count). The van der Waals surface area contributed by atoms with Crippen LogP contribution in [0.2, 0.25) is 4.34 Å². The molecule has 758 valence electrons. The first-order valence-corrected chi connectivity index (χ1v) is 48.9. The lowest BCUT2D eigenvalue weighted by Gasteiger charge is -2.11. The van der Waals surface area contributed by atoms with E-state index < -0.39 is 11.9 Å². The molecule has 0 fully saturated rings. The molecule has 18 aromatic rings. The summed E-state index contributed by atoms with van der Waals surface area (Å²) in [6.45, 7) is 15.9. The number of nitrogens with two attached hydrogens (primary N) is 6. The molecule has 0 atom stereocenters. The average Bonchev–Trinajstić information content (AvgIpc) is 1.66. The van der Waals surface area contributed by atoms with Crippen LogP contribution in [0.4, 0.5) is 83.0 Å². The quantitative estimate of drug-likeness (QED) is 0.0318. The Morgan fingerprint density at radius 3 is 1.00 bits per heavy atom. The third-order valence-corrected chi connectivity index (χ3v) is 26.1. The summed E-state index contributed by atoms with van der Waals surface area (Å²) < 4.78 is 56.7. The molecule has 0 saturated carbocycles. The van der Waals surface area contributed by atoms with Crippen molar-refractivity contribution < 1.29 is 56.1 Å². The van der Waals surface area contributed by atoms with E-state index in [0.717, 1.165) is 95.9 Å². The van der Waals surface area contributed by atoms with E-state index in [2.05, 4.69) is 98.0 Å². The molecule has 0 aliphatic carbocycles. The van der Waals surface area contributed by atoms with Gasteiger partial charge in [0.2, 0.25) is 17.6 Å². The fraction of sp³-hybridized carbons (Fsp3) is 0.119. The van der Waals surface area contributed by atoms with Gasteiger partial charge in [-0.05, 0) is 264 Å². The Labute approximate surface area is 880 Å². The van der Waals surface area contributed by atoms with Crippen molar-refractivity contribution in [2.45, 2.75) is 61.6 Å². The van der Waals surface area contributed by atoms with Gasteiger partial charge in [0, 0.05) is 117 Å². The number of ether oxygens (including phenoxy) is 3. The van der Waals surface area contributed by atoms with Crippen molar-refractivity contribution >= 4 is 167 Å². The van der Waals surface area contributed by atoms with Gasteiger partial charge in [-0.1, -0.05) is 118 Å². The fourth-order valence-corrected chi connectivity index (χ4v) is 17.9. The number of alkyl halides is 3. The lowest BCUT2D eigenvalue weighted by molar-refractivity contribution is -0.141. The summed E-state index contributed by atoms with van der Waals surface area (Å²) in [6.07, 6.45) is -2.85. The van der Waals surface area contributed by atoms with Crippen molar-refractivity contribution in [3.05, 3.63) is 370 Å². The topological polar surface area (TPSA) is 492 Å². The van der Waals surface area contributed by atoms with Crippen LogP contribution in [0.3, 0.4) is 0 Å². The minimum Gasteiger partial charge on any atom is -0.481 e. The fourth-order valence-electron chi connectivity index (χ4n) is 14.1. The van der Waals surface area contributed by atoms with Gasteiger partial charge in [-0.2, -0.15) is 18.3 Å². The van der Waals surface area contributed by atoms with Crippen molar-refractivity contribution in [2.75, 3.05) is 87.6 Å². The van der Waals surface area contributed by atoms with Gasteiger partial charge in [-0.3, -0.25) is 33.4 Å². The second-order valence-electron chi connectivity index (χ2n) is 33.2. The summed E-state index contributed by atoms with van der Waals surface area (Å²) in [4.78, 5) is 107. The van der Waals surface area contributed by atoms with Gasteiger partial charge >= 0.3 is 6.18 Å². The molecule has 6 amide bonds. The number of thiophene rings is 3. The van der Waals surface area contributed by atoms with E-state index >= 15 is 0 Å². The minimum atomic E-state index is -4.55. The van der Waals surface area contributed by atoms with Crippen molar-refractivity contribution in [3.63, 3.8) is 0 Å². The number of nitrogen functional groups attached to an aromatic ring is 6. The molecule has 18 N–H and O–H groups in total. The van der Waals surface area contributed by atoms with Gasteiger partial charge in [0.1, 0.15) is 69.8 Å². The Morgan fingerprint density at radius 2 is 0.691 bits per heavy atom. The zero-order valence-corrected chi connectivity index (χ0v) is 87.0. The van der Waals surface area contributed by atoms with Gasteiger partial charge in [-0.15, -0.1) is 44.2 Å². The van der Waals surface area contributed by atoms with Crippen molar-refractivity contribution in [1.82, 2.24) is 54.9 Å². The number of anilines is 12. The van der Waals surface area contributed by atoms with Crippen LogP contribution in [0.15, 0.2) is 283 Å². The first kappa shape index (κ1) is 109. The van der Waals surface area contributed by atoms with Crippen LogP contribution in [-0.4, -0.2) is 112 Å². The number of carbonyl (C=O) groups is 6. The molecule has 0 unspecified atom stereocenters. The number of pyridine rings is 7. The molecule has 40 heteroatoms. The summed E-state index contributed by atoms with van der Waals surface area (Å²) in [6, 6.07) is 80.1. The third kappa shape index (κ3) is 29.4. The van der Waals surface area contributed by atoms with Gasteiger partial charge in [-0.25, -0.2) is 34.9 Å². The van der Waals surface area contributed by atoms with E-state index in [4.69, 9.17) is 60.2 Å². The maximum absolute atomic E-state index is 12.8. The number of hydrogen-bond donors (Lipinski definition) is 12. The van der Waals surface area contributed by atoms with E-state index in [1.807, 2.05) is 177 Å².